The van der Waals surface area contributed by atoms with Gasteiger partial charge in [0.2, 0.25) is 0 Å². The van der Waals surface area contributed by atoms with E-state index >= 15 is 0 Å². The summed E-state index contributed by atoms with van der Waals surface area (Å²) < 4.78 is 5.12. The number of carbonyl (C=O) groups excluding carboxylic acids is 1. The maximum Gasteiger partial charge on any atom is 0.422 e. The molecule has 1 aliphatic carbocycles. The van der Waals surface area contributed by atoms with Crippen molar-refractivity contribution in [2.75, 3.05) is 0 Å². The highest BCUT2D eigenvalue weighted by molar-refractivity contribution is 5.74. The van der Waals surface area contributed by atoms with E-state index in [1.165, 1.54) is 0 Å². The molecule has 0 aromatic carbocycles. The van der Waals surface area contributed by atoms with Crippen LogP contribution in [-0.2, 0) is 9.53 Å². The van der Waals surface area contributed by atoms with E-state index in [9.17, 15) is 14.7 Å². The minimum Gasteiger partial charge on any atom is -0.481 e. The van der Waals surface area contributed by atoms with Crippen molar-refractivity contribution in [1.29, 1.82) is 0 Å². The summed E-state index contributed by atoms with van der Waals surface area (Å²) >= 11 is 0. The maximum atomic E-state index is 11.5. The van der Waals surface area contributed by atoms with E-state index in [1.807, 2.05) is 6.92 Å². The molecule has 6 nitrogen and oxygen atoms in total. The molecular weight excluding hydrogens is 260 g/mol. The average molecular weight is 286 g/mol. The number of ether oxygens (including phenoxy) is 1. The van der Waals surface area contributed by atoms with E-state index in [-0.39, 0.29) is 6.04 Å². The molecule has 0 aliphatic heterocycles. The molecule has 0 aromatic rings. The van der Waals surface area contributed by atoms with Crippen LogP contribution in [0.2, 0.25) is 0 Å². The number of carboxylic acids is 1. The Labute approximate surface area is 120 Å². The molecule has 6 heteroatoms. The first kappa shape index (κ1) is 16.8. The van der Waals surface area contributed by atoms with Crippen LogP contribution in [0.3, 0.4) is 0 Å². The van der Waals surface area contributed by atoms with Crippen molar-refractivity contribution >= 4 is 12.1 Å². The van der Waals surface area contributed by atoms with Gasteiger partial charge in [-0.2, -0.15) is 0 Å². The fraction of sp³-hybridized carbons (Fsp3) is 0.857. The topological polar surface area (TPSA) is 87.7 Å². The summed E-state index contributed by atoms with van der Waals surface area (Å²) in [6, 6.07) is 0.0987. The number of carboxylic acid groups (broad SMARTS) is 1. The quantitative estimate of drug-likeness (QED) is 0.691. The Balaban J connectivity index is 2.36. The third kappa shape index (κ3) is 4.67. The van der Waals surface area contributed by atoms with Crippen LogP contribution in [0.4, 0.5) is 4.79 Å². The van der Waals surface area contributed by atoms with Gasteiger partial charge < -0.3 is 9.84 Å². The number of nitrogens with one attached hydrogen (secondary N) is 2. The van der Waals surface area contributed by atoms with Gasteiger partial charge in [0, 0.05) is 6.04 Å². The van der Waals surface area contributed by atoms with Gasteiger partial charge >= 0.3 is 12.1 Å². The lowest BCUT2D eigenvalue weighted by atomic mass is 9.71. The first-order valence-electron chi connectivity index (χ1n) is 7.16. The van der Waals surface area contributed by atoms with E-state index in [4.69, 9.17) is 4.74 Å². The second-order valence-corrected chi connectivity index (χ2v) is 6.48. The summed E-state index contributed by atoms with van der Waals surface area (Å²) in [5, 5.41) is 9.31. The second kappa shape index (κ2) is 6.43. The molecule has 0 aromatic heterocycles. The Morgan fingerprint density at radius 1 is 1.30 bits per heavy atom. The van der Waals surface area contributed by atoms with E-state index in [2.05, 4.69) is 10.9 Å². The summed E-state index contributed by atoms with van der Waals surface area (Å²) in [5.74, 6) is -0.710. The lowest BCUT2D eigenvalue weighted by molar-refractivity contribution is -0.151. The van der Waals surface area contributed by atoms with E-state index in [0.29, 0.717) is 19.3 Å². The van der Waals surface area contributed by atoms with E-state index in [1.54, 1.807) is 20.8 Å². The maximum absolute atomic E-state index is 11.5. The molecule has 0 heterocycles. The molecule has 1 fully saturated rings. The van der Waals surface area contributed by atoms with Crippen molar-refractivity contribution in [1.82, 2.24) is 10.9 Å². The Kier molecular flexibility index (Phi) is 5.39. The van der Waals surface area contributed by atoms with Gasteiger partial charge in [-0.3, -0.25) is 10.2 Å². The number of rotatable bonds is 4. The van der Waals surface area contributed by atoms with Crippen LogP contribution in [-0.4, -0.2) is 28.8 Å². The van der Waals surface area contributed by atoms with Crippen LogP contribution >= 0.6 is 0 Å². The highest BCUT2D eigenvalue weighted by Gasteiger charge is 2.40. The van der Waals surface area contributed by atoms with Gasteiger partial charge in [-0.1, -0.05) is 6.92 Å². The first-order valence-corrected chi connectivity index (χ1v) is 7.16. The number of hydrazine groups is 1. The molecular formula is C14H26N2O4. The molecule has 1 saturated carbocycles. The monoisotopic (exact) mass is 286 g/mol. The molecule has 1 aliphatic rings. The zero-order chi connectivity index (χ0) is 15.4. The Bertz CT molecular complexity index is 355. The number of carbonyl (C=O) groups is 2. The molecule has 116 valence electrons. The molecule has 1 amide bonds. The molecule has 0 saturated heterocycles. The largest absolute Gasteiger partial charge is 0.481 e. The van der Waals surface area contributed by atoms with Crippen molar-refractivity contribution in [3.05, 3.63) is 0 Å². The van der Waals surface area contributed by atoms with Gasteiger partial charge in [0.15, 0.2) is 0 Å². The van der Waals surface area contributed by atoms with Gasteiger partial charge in [-0.25, -0.2) is 10.2 Å². The summed E-state index contributed by atoms with van der Waals surface area (Å²) in [5.41, 5.74) is 4.33. The standard InChI is InChI=1S/C14H26N2O4/c1-5-14(11(17)18)8-6-10(7-9-14)15-16-12(19)20-13(2,3)4/h10,15H,5-9H2,1-4H3,(H,16,19)(H,17,18). The smallest absolute Gasteiger partial charge is 0.422 e. The second-order valence-electron chi connectivity index (χ2n) is 6.48. The number of hydrogen-bond acceptors (Lipinski definition) is 4. The third-order valence-corrected chi connectivity index (χ3v) is 3.85. The van der Waals surface area contributed by atoms with Gasteiger partial charge in [-0.05, 0) is 52.9 Å². The minimum absolute atomic E-state index is 0.0987. The fourth-order valence-corrected chi connectivity index (χ4v) is 2.50. The van der Waals surface area contributed by atoms with Crippen LogP contribution in [0.15, 0.2) is 0 Å². The highest BCUT2D eigenvalue weighted by Crippen LogP contribution is 2.39. The molecule has 3 N–H and O–H groups in total. The molecule has 0 unspecified atom stereocenters. The van der Waals surface area contributed by atoms with Crippen molar-refractivity contribution in [2.45, 2.75) is 71.4 Å². The minimum atomic E-state index is -0.710. The number of hydrogen-bond donors (Lipinski definition) is 3. The van der Waals surface area contributed by atoms with E-state index < -0.39 is 23.1 Å². The van der Waals surface area contributed by atoms with Crippen molar-refractivity contribution in [3.63, 3.8) is 0 Å². The summed E-state index contributed by atoms with van der Waals surface area (Å²) in [6.07, 6.45) is 2.86. The summed E-state index contributed by atoms with van der Waals surface area (Å²) in [7, 11) is 0. The SMILES string of the molecule is CCC1(C(=O)O)CCC(NNC(=O)OC(C)(C)C)CC1. The van der Waals surface area contributed by atoms with E-state index in [0.717, 1.165) is 12.8 Å². The Hall–Kier alpha value is -1.30. The lowest BCUT2D eigenvalue weighted by Crippen LogP contribution is -2.49. The normalized spacial score (nSPS) is 26.9. The van der Waals surface area contributed by atoms with Crippen LogP contribution in [0, 0.1) is 5.41 Å². The van der Waals surface area contributed by atoms with Gasteiger partial charge in [0.05, 0.1) is 5.41 Å². The van der Waals surface area contributed by atoms with Crippen molar-refractivity contribution < 1.29 is 19.4 Å². The number of amides is 1. The molecule has 0 spiro atoms. The predicted octanol–water partition coefficient (Wildman–Crippen LogP) is 2.44. The Morgan fingerprint density at radius 3 is 2.25 bits per heavy atom. The Morgan fingerprint density at radius 2 is 1.85 bits per heavy atom. The van der Waals surface area contributed by atoms with Crippen molar-refractivity contribution in [2.24, 2.45) is 5.41 Å². The molecule has 0 atom stereocenters. The summed E-state index contributed by atoms with van der Waals surface area (Å²) in [6.45, 7) is 7.32. The molecule has 20 heavy (non-hydrogen) atoms. The van der Waals surface area contributed by atoms with Crippen LogP contribution in [0.25, 0.3) is 0 Å². The highest BCUT2D eigenvalue weighted by atomic mass is 16.6. The molecule has 1 rings (SSSR count). The van der Waals surface area contributed by atoms with Gasteiger partial charge in [-0.15, -0.1) is 0 Å². The average Bonchev–Trinajstić information content (AvgIpc) is 2.34. The summed E-state index contributed by atoms with van der Waals surface area (Å²) in [4.78, 5) is 22.8. The predicted molar refractivity (Wildman–Crippen MR) is 75.1 cm³/mol. The van der Waals surface area contributed by atoms with Gasteiger partial charge in [0.25, 0.3) is 0 Å². The third-order valence-electron chi connectivity index (χ3n) is 3.85. The van der Waals surface area contributed by atoms with Crippen molar-refractivity contribution in [3.8, 4) is 0 Å². The first-order chi connectivity index (χ1) is 9.18. The fourth-order valence-electron chi connectivity index (χ4n) is 2.50. The zero-order valence-corrected chi connectivity index (χ0v) is 12.8. The van der Waals surface area contributed by atoms with Crippen LogP contribution in [0.1, 0.15) is 59.8 Å². The van der Waals surface area contributed by atoms with Gasteiger partial charge in [0.1, 0.15) is 5.60 Å². The zero-order valence-electron chi connectivity index (χ0n) is 12.8. The molecule has 0 bridgehead atoms. The molecule has 0 radical (unpaired) electrons. The number of aliphatic carboxylic acids is 1. The van der Waals surface area contributed by atoms with Crippen LogP contribution < -0.4 is 10.9 Å². The lowest BCUT2D eigenvalue weighted by Gasteiger charge is -2.36. The van der Waals surface area contributed by atoms with Crippen LogP contribution in [0.5, 0.6) is 0 Å².